The zero-order valence-corrected chi connectivity index (χ0v) is 18.5. The highest BCUT2D eigenvalue weighted by Crippen LogP contribution is 2.42. The van der Waals surface area contributed by atoms with Gasteiger partial charge in [-0.3, -0.25) is 14.9 Å². The fourth-order valence-electron chi connectivity index (χ4n) is 3.41. The summed E-state index contributed by atoms with van der Waals surface area (Å²) < 4.78 is 26.8. The van der Waals surface area contributed by atoms with Crippen molar-refractivity contribution in [2.24, 2.45) is 0 Å². The topological polar surface area (TPSA) is 127 Å². The smallest absolute Gasteiger partial charge is 0.270 e. The van der Waals surface area contributed by atoms with Crippen molar-refractivity contribution in [3.05, 3.63) is 87.5 Å². The molecule has 9 heteroatoms. The molecule has 3 rings (SSSR count). The first-order chi connectivity index (χ1) is 15.0. The van der Waals surface area contributed by atoms with Gasteiger partial charge in [-0.15, -0.1) is 0 Å². The Kier molecular flexibility index (Phi) is 6.31. The molecule has 0 saturated heterocycles. The number of hydrogen-bond donors (Lipinski definition) is 2. The molecule has 0 heterocycles. The van der Waals surface area contributed by atoms with E-state index in [4.69, 9.17) is 0 Å². The number of aryl methyl sites for hydroxylation is 1. The molecule has 0 aliphatic carbocycles. The summed E-state index contributed by atoms with van der Waals surface area (Å²) in [5, 5.41) is 24.4. The number of aromatic hydroxyl groups is 1. The number of anilines is 1. The molecule has 8 nitrogen and oxygen atoms in total. The first-order valence-corrected chi connectivity index (χ1v) is 11.2. The second-order valence-electron chi connectivity index (χ2n) is 7.57. The zero-order chi connectivity index (χ0) is 23.6. The fourth-order valence-corrected chi connectivity index (χ4v) is 5.21. The van der Waals surface area contributed by atoms with Gasteiger partial charge >= 0.3 is 0 Å². The third-order valence-electron chi connectivity index (χ3n) is 4.95. The third kappa shape index (κ3) is 4.33. The van der Waals surface area contributed by atoms with Gasteiger partial charge in [0.15, 0.2) is 0 Å². The molecule has 3 aromatic rings. The molecular formula is C23H22N2O6S. The Hall–Kier alpha value is -3.72. The minimum absolute atomic E-state index is 0.0127. The van der Waals surface area contributed by atoms with Crippen molar-refractivity contribution in [2.75, 3.05) is 5.32 Å². The zero-order valence-electron chi connectivity index (χ0n) is 17.7. The summed E-state index contributed by atoms with van der Waals surface area (Å²) >= 11 is 0. The van der Waals surface area contributed by atoms with Gasteiger partial charge in [0.25, 0.3) is 11.6 Å². The SMILES string of the molecule is Cc1cc(NC(=O)c2cccc([N+](=O)[O-])c2)c(C(C)C)c(S(=O)(=O)c2ccccc2)c1O. The standard InChI is InChI=1S/C23H22N2O6S/c1-14(2)20-19(24-23(27)16-8-7-9-17(13-16)25(28)29)12-15(3)21(26)22(20)32(30,31)18-10-5-4-6-11-18/h4-14,26H,1-3H3,(H,24,27). The van der Waals surface area contributed by atoms with Gasteiger partial charge in [-0.05, 0) is 42.7 Å². The van der Waals surface area contributed by atoms with E-state index in [0.29, 0.717) is 0 Å². The summed E-state index contributed by atoms with van der Waals surface area (Å²) in [5.74, 6) is -1.40. The van der Waals surface area contributed by atoms with E-state index in [1.807, 2.05) is 0 Å². The van der Waals surface area contributed by atoms with E-state index < -0.39 is 20.7 Å². The maximum atomic E-state index is 13.4. The summed E-state index contributed by atoms with van der Waals surface area (Å²) in [7, 11) is -4.10. The van der Waals surface area contributed by atoms with Gasteiger partial charge in [-0.1, -0.05) is 38.1 Å². The Morgan fingerprint density at radius 3 is 2.31 bits per heavy atom. The van der Waals surface area contributed by atoms with Crippen LogP contribution in [0.4, 0.5) is 11.4 Å². The summed E-state index contributed by atoms with van der Waals surface area (Å²) in [6.07, 6.45) is 0. The number of carbonyl (C=O) groups excluding carboxylic acids is 1. The summed E-state index contributed by atoms with van der Waals surface area (Å²) in [6, 6.07) is 14.4. The second-order valence-corrected chi connectivity index (χ2v) is 9.45. The fraction of sp³-hybridized carbons (Fsp3) is 0.174. The van der Waals surface area contributed by atoms with E-state index in [2.05, 4.69) is 5.32 Å². The van der Waals surface area contributed by atoms with E-state index in [9.17, 15) is 28.4 Å². The van der Waals surface area contributed by atoms with Crippen LogP contribution >= 0.6 is 0 Å². The number of amides is 1. The highest BCUT2D eigenvalue weighted by Gasteiger charge is 2.30. The van der Waals surface area contributed by atoms with Crippen molar-refractivity contribution >= 4 is 27.1 Å². The van der Waals surface area contributed by atoms with E-state index in [1.165, 1.54) is 43.3 Å². The van der Waals surface area contributed by atoms with Gasteiger partial charge in [-0.2, -0.15) is 0 Å². The highest BCUT2D eigenvalue weighted by molar-refractivity contribution is 7.91. The van der Waals surface area contributed by atoms with Crippen LogP contribution in [0.5, 0.6) is 5.75 Å². The Bertz CT molecular complexity index is 1300. The molecule has 0 aliphatic rings. The van der Waals surface area contributed by atoms with Crippen molar-refractivity contribution in [2.45, 2.75) is 36.5 Å². The van der Waals surface area contributed by atoms with Gasteiger partial charge in [0.05, 0.1) is 9.82 Å². The van der Waals surface area contributed by atoms with E-state index >= 15 is 0 Å². The molecule has 3 aromatic carbocycles. The Labute approximate surface area is 185 Å². The lowest BCUT2D eigenvalue weighted by Gasteiger charge is -2.21. The van der Waals surface area contributed by atoms with Crippen LogP contribution in [0.1, 0.15) is 41.3 Å². The van der Waals surface area contributed by atoms with Gasteiger partial charge in [0, 0.05) is 28.9 Å². The quantitative estimate of drug-likeness (QED) is 0.312. The molecule has 0 radical (unpaired) electrons. The number of non-ortho nitro benzene ring substituents is 1. The van der Waals surface area contributed by atoms with Crippen molar-refractivity contribution in [3.63, 3.8) is 0 Å². The van der Waals surface area contributed by atoms with E-state index in [0.717, 1.165) is 6.07 Å². The predicted molar refractivity (Wildman–Crippen MR) is 120 cm³/mol. The van der Waals surface area contributed by atoms with Gasteiger partial charge in [0.1, 0.15) is 10.6 Å². The highest BCUT2D eigenvalue weighted by atomic mass is 32.2. The molecule has 0 aromatic heterocycles. The van der Waals surface area contributed by atoms with Crippen LogP contribution in [0.2, 0.25) is 0 Å². The number of carbonyl (C=O) groups is 1. The normalized spacial score (nSPS) is 11.4. The van der Waals surface area contributed by atoms with Gasteiger partial charge in [0.2, 0.25) is 9.84 Å². The molecule has 1 amide bonds. The summed E-state index contributed by atoms with van der Waals surface area (Å²) in [5.41, 5.74) is 0.526. The minimum atomic E-state index is -4.10. The van der Waals surface area contributed by atoms with Crippen molar-refractivity contribution in [3.8, 4) is 5.75 Å². The molecule has 0 fully saturated rings. The van der Waals surface area contributed by atoms with E-state index in [1.54, 1.807) is 32.0 Å². The number of nitro benzene ring substituents is 1. The molecule has 0 aliphatic heterocycles. The number of rotatable bonds is 6. The van der Waals surface area contributed by atoms with Crippen LogP contribution in [-0.2, 0) is 9.84 Å². The average molecular weight is 455 g/mol. The number of nitrogens with zero attached hydrogens (tertiary/aromatic N) is 1. The van der Waals surface area contributed by atoms with Crippen LogP contribution in [0.25, 0.3) is 0 Å². The Morgan fingerprint density at radius 2 is 1.72 bits per heavy atom. The van der Waals surface area contributed by atoms with Gasteiger partial charge in [-0.25, -0.2) is 8.42 Å². The van der Waals surface area contributed by atoms with Crippen molar-refractivity contribution in [1.82, 2.24) is 0 Å². The minimum Gasteiger partial charge on any atom is -0.506 e. The lowest BCUT2D eigenvalue weighted by molar-refractivity contribution is -0.384. The lowest BCUT2D eigenvalue weighted by Crippen LogP contribution is -2.17. The lowest BCUT2D eigenvalue weighted by atomic mass is 9.98. The number of phenolic OH excluding ortho intramolecular Hbond substituents is 1. The van der Waals surface area contributed by atoms with Gasteiger partial charge < -0.3 is 10.4 Å². The third-order valence-corrected chi connectivity index (χ3v) is 6.79. The molecule has 0 saturated carbocycles. The number of nitrogens with one attached hydrogen (secondary N) is 1. The summed E-state index contributed by atoms with van der Waals surface area (Å²) in [6.45, 7) is 5.03. The monoisotopic (exact) mass is 454 g/mol. The molecular weight excluding hydrogens is 432 g/mol. The van der Waals surface area contributed by atoms with Crippen LogP contribution in [0.15, 0.2) is 70.5 Å². The molecule has 0 unspecified atom stereocenters. The van der Waals surface area contributed by atoms with E-state index in [-0.39, 0.29) is 49.5 Å². The number of hydrogen-bond acceptors (Lipinski definition) is 6. The van der Waals surface area contributed by atoms with Crippen LogP contribution < -0.4 is 5.32 Å². The van der Waals surface area contributed by atoms with Crippen molar-refractivity contribution in [1.29, 1.82) is 0 Å². The molecule has 2 N–H and O–H groups in total. The predicted octanol–water partition coefficient (Wildman–Crippen LogP) is 4.82. The van der Waals surface area contributed by atoms with Crippen LogP contribution in [0, 0.1) is 17.0 Å². The molecule has 0 spiro atoms. The average Bonchev–Trinajstić information content (AvgIpc) is 2.76. The molecule has 166 valence electrons. The van der Waals surface area contributed by atoms with Crippen LogP contribution in [-0.4, -0.2) is 24.4 Å². The first kappa shape index (κ1) is 23.0. The molecule has 32 heavy (non-hydrogen) atoms. The largest absolute Gasteiger partial charge is 0.506 e. The molecule has 0 bridgehead atoms. The molecule has 0 atom stereocenters. The number of nitro groups is 1. The van der Waals surface area contributed by atoms with Crippen LogP contribution in [0.3, 0.4) is 0 Å². The Balaban J connectivity index is 2.17. The maximum Gasteiger partial charge on any atom is 0.270 e. The summed E-state index contributed by atoms with van der Waals surface area (Å²) in [4.78, 5) is 23.0. The number of phenols is 1. The number of benzene rings is 3. The second kappa shape index (κ2) is 8.80. The first-order valence-electron chi connectivity index (χ1n) is 9.76. The maximum absolute atomic E-state index is 13.4. The Morgan fingerprint density at radius 1 is 1.06 bits per heavy atom. The van der Waals surface area contributed by atoms with Crippen molar-refractivity contribution < 1.29 is 23.2 Å². The number of sulfone groups is 1.